The Hall–Kier alpha value is -1.26. The van der Waals surface area contributed by atoms with Gasteiger partial charge < -0.3 is 15.2 Å². The van der Waals surface area contributed by atoms with Gasteiger partial charge in [0.15, 0.2) is 0 Å². The van der Waals surface area contributed by atoms with Gasteiger partial charge in [0, 0.05) is 23.9 Å². The number of carboxylic acids is 1. The van der Waals surface area contributed by atoms with Crippen LogP contribution in [0.3, 0.4) is 0 Å². The summed E-state index contributed by atoms with van der Waals surface area (Å²) in [4.78, 5) is 11.0. The highest BCUT2D eigenvalue weighted by Gasteiger charge is 2.20. The van der Waals surface area contributed by atoms with Crippen molar-refractivity contribution >= 4 is 23.3 Å². The highest BCUT2D eigenvalue weighted by molar-refractivity contribution is 6.31. The molecule has 1 aliphatic rings. The zero-order chi connectivity index (χ0) is 13.0. The first-order valence-corrected chi connectivity index (χ1v) is 6.39. The first kappa shape index (κ1) is 13.2. The van der Waals surface area contributed by atoms with Gasteiger partial charge in [0.2, 0.25) is 0 Å². The third-order valence-corrected chi connectivity index (χ3v) is 3.06. The normalized spacial score (nSPS) is 14.5. The van der Waals surface area contributed by atoms with E-state index in [0.29, 0.717) is 23.9 Å². The van der Waals surface area contributed by atoms with E-state index in [4.69, 9.17) is 21.4 Å². The van der Waals surface area contributed by atoms with Gasteiger partial charge in [-0.1, -0.05) is 11.6 Å². The minimum atomic E-state index is -0.987. The summed E-state index contributed by atoms with van der Waals surface area (Å²) in [5, 5.41) is 12.5. The molecular weight excluding hydrogens is 254 g/mol. The summed E-state index contributed by atoms with van der Waals surface area (Å²) in [6.45, 7) is 1.99. The number of hydrogen-bond acceptors (Lipinski definition) is 3. The van der Waals surface area contributed by atoms with E-state index in [1.54, 1.807) is 12.1 Å². The molecule has 1 saturated carbocycles. The average Bonchev–Trinajstić information content (AvgIpc) is 3.14. The summed E-state index contributed by atoms with van der Waals surface area (Å²) in [5.74, 6) is -0.242. The summed E-state index contributed by atoms with van der Waals surface area (Å²) >= 11 is 5.77. The van der Waals surface area contributed by atoms with Gasteiger partial charge in [0.25, 0.3) is 0 Å². The SMILES string of the molecule is O=C(O)c1cc(Cl)ccc1NCCOCC1CC1. The van der Waals surface area contributed by atoms with E-state index in [1.807, 2.05) is 0 Å². The van der Waals surface area contributed by atoms with E-state index in [0.717, 1.165) is 12.5 Å². The Morgan fingerprint density at radius 3 is 2.94 bits per heavy atom. The molecule has 1 aromatic carbocycles. The fourth-order valence-corrected chi connectivity index (χ4v) is 1.81. The summed E-state index contributed by atoms with van der Waals surface area (Å²) in [5.41, 5.74) is 0.756. The average molecular weight is 270 g/mol. The lowest BCUT2D eigenvalue weighted by Gasteiger charge is -2.10. The van der Waals surface area contributed by atoms with Crippen molar-refractivity contribution in [3.63, 3.8) is 0 Å². The summed E-state index contributed by atoms with van der Waals surface area (Å²) < 4.78 is 5.47. The van der Waals surface area contributed by atoms with Gasteiger partial charge in [-0.2, -0.15) is 0 Å². The van der Waals surface area contributed by atoms with Crippen LogP contribution in [0.25, 0.3) is 0 Å². The van der Waals surface area contributed by atoms with Gasteiger partial charge in [-0.15, -0.1) is 0 Å². The van der Waals surface area contributed by atoms with Crippen LogP contribution in [0.4, 0.5) is 5.69 Å². The predicted octanol–water partition coefficient (Wildman–Crippen LogP) is 2.88. The van der Waals surface area contributed by atoms with Crippen molar-refractivity contribution in [2.24, 2.45) is 5.92 Å². The molecule has 0 amide bonds. The summed E-state index contributed by atoms with van der Waals surface area (Å²) in [6.07, 6.45) is 2.54. The molecule has 2 rings (SSSR count). The maximum absolute atomic E-state index is 11.0. The van der Waals surface area contributed by atoms with Crippen molar-refractivity contribution in [3.05, 3.63) is 28.8 Å². The minimum absolute atomic E-state index is 0.185. The molecular formula is C13H16ClNO3. The molecule has 0 spiro atoms. The van der Waals surface area contributed by atoms with Crippen molar-refractivity contribution in [2.75, 3.05) is 25.1 Å². The standard InChI is InChI=1S/C13H16ClNO3/c14-10-3-4-12(11(7-10)13(16)17)15-5-6-18-8-9-1-2-9/h3-4,7,9,15H,1-2,5-6,8H2,(H,16,17). The predicted molar refractivity (Wildman–Crippen MR) is 70.4 cm³/mol. The molecule has 4 nitrogen and oxygen atoms in total. The van der Waals surface area contributed by atoms with E-state index >= 15 is 0 Å². The van der Waals surface area contributed by atoms with Crippen LogP contribution in [0.5, 0.6) is 0 Å². The number of benzene rings is 1. The van der Waals surface area contributed by atoms with Crippen LogP contribution in [-0.4, -0.2) is 30.8 Å². The monoisotopic (exact) mass is 269 g/mol. The third-order valence-electron chi connectivity index (χ3n) is 2.82. The molecule has 0 saturated heterocycles. The van der Waals surface area contributed by atoms with E-state index < -0.39 is 5.97 Å². The molecule has 1 aliphatic carbocycles. The van der Waals surface area contributed by atoms with Crippen molar-refractivity contribution in [1.29, 1.82) is 0 Å². The second-order valence-electron chi connectivity index (χ2n) is 4.44. The zero-order valence-corrected chi connectivity index (χ0v) is 10.7. The number of rotatable bonds is 7. The summed E-state index contributed by atoms with van der Waals surface area (Å²) in [6, 6.07) is 4.78. The van der Waals surface area contributed by atoms with Gasteiger partial charge in [0.1, 0.15) is 0 Å². The Balaban J connectivity index is 1.81. The van der Waals surface area contributed by atoms with Crippen molar-refractivity contribution in [1.82, 2.24) is 0 Å². The van der Waals surface area contributed by atoms with E-state index in [-0.39, 0.29) is 5.56 Å². The molecule has 98 valence electrons. The Labute approximate surface area is 111 Å². The number of aromatic carboxylic acids is 1. The molecule has 5 heteroatoms. The van der Waals surface area contributed by atoms with Gasteiger partial charge >= 0.3 is 5.97 Å². The quantitative estimate of drug-likeness (QED) is 0.748. The fourth-order valence-electron chi connectivity index (χ4n) is 1.64. The third kappa shape index (κ3) is 3.89. The van der Waals surface area contributed by atoms with Gasteiger partial charge in [-0.3, -0.25) is 0 Å². The lowest BCUT2D eigenvalue weighted by molar-refractivity contribution is 0.0697. The molecule has 2 N–H and O–H groups in total. The van der Waals surface area contributed by atoms with Crippen LogP contribution >= 0.6 is 11.6 Å². The van der Waals surface area contributed by atoms with Crippen LogP contribution < -0.4 is 5.32 Å². The number of ether oxygens (including phenoxy) is 1. The molecule has 0 radical (unpaired) electrons. The highest BCUT2D eigenvalue weighted by Crippen LogP contribution is 2.28. The van der Waals surface area contributed by atoms with Crippen LogP contribution in [0.15, 0.2) is 18.2 Å². The lowest BCUT2D eigenvalue weighted by Crippen LogP contribution is -2.13. The Morgan fingerprint density at radius 1 is 1.50 bits per heavy atom. The van der Waals surface area contributed by atoms with E-state index in [2.05, 4.69) is 5.32 Å². The number of hydrogen-bond donors (Lipinski definition) is 2. The van der Waals surface area contributed by atoms with Gasteiger partial charge in [-0.05, 0) is 37.0 Å². The first-order valence-electron chi connectivity index (χ1n) is 6.01. The molecule has 0 atom stereocenters. The Bertz CT molecular complexity index is 432. The van der Waals surface area contributed by atoms with Crippen LogP contribution in [0.2, 0.25) is 5.02 Å². The first-order chi connectivity index (χ1) is 8.66. The topological polar surface area (TPSA) is 58.6 Å². The zero-order valence-electron chi connectivity index (χ0n) is 9.99. The van der Waals surface area contributed by atoms with E-state index in [1.165, 1.54) is 18.9 Å². The number of halogens is 1. The van der Waals surface area contributed by atoms with Crippen molar-refractivity contribution in [3.8, 4) is 0 Å². The van der Waals surface area contributed by atoms with Crippen molar-refractivity contribution < 1.29 is 14.6 Å². The maximum Gasteiger partial charge on any atom is 0.337 e. The molecule has 0 aliphatic heterocycles. The number of carboxylic acid groups (broad SMARTS) is 1. The largest absolute Gasteiger partial charge is 0.478 e. The van der Waals surface area contributed by atoms with Crippen molar-refractivity contribution in [2.45, 2.75) is 12.8 Å². The highest BCUT2D eigenvalue weighted by atomic mass is 35.5. The molecule has 0 aromatic heterocycles. The molecule has 1 aromatic rings. The smallest absolute Gasteiger partial charge is 0.337 e. The Kier molecular flexibility index (Phi) is 4.44. The van der Waals surface area contributed by atoms with Crippen LogP contribution in [0.1, 0.15) is 23.2 Å². The molecule has 18 heavy (non-hydrogen) atoms. The maximum atomic E-state index is 11.0. The number of carbonyl (C=O) groups is 1. The van der Waals surface area contributed by atoms with Crippen LogP contribution in [0, 0.1) is 5.92 Å². The van der Waals surface area contributed by atoms with Gasteiger partial charge in [-0.25, -0.2) is 4.79 Å². The fraction of sp³-hybridized carbons (Fsp3) is 0.462. The van der Waals surface area contributed by atoms with Gasteiger partial charge in [0.05, 0.1) is 12.2 Å². The number of nitrogens with one attached hydrogen (secondary N) is 1. The summed E-state index contributed by atoms with van der Waals surface area (Å²) in [7, 11) is 0. The Morgan fingerprint density at radius 2 is 2.28 bits per heavy atom. The molecule has 1 fully saturated rings. The minimum Gasteiger partial charge on any atom is -0.478 e. The molecule has 0 bridgehead atoms. The lowest BCUT2D eigenvalue weighted by atomic mass is 10.2. The molecule has 0 heterocycles. The second-order valence-corrected chi connectivity index (χ2v) is 4.88. The molecule has 0 unspecified atom stereocenters. The van der Waals surface area contributed by atoms with Crippen LogP contribution in [-0.2, 0) is 4.74 Å². The second kappa shape index (κ2) is 6.07. The number of anilines is 1. The van der Waals surface area contributed by atoms with E-state index in [9.17, 15) is 4.79 Å².